The van der Waals surface area contributed by atoms with Crippen LogP contribution in [0.4, 0.5) is 0 Å². The standard InChI is InChI=1S/C16H19NO4/c1-5-20-15-9-12(6-7-14(15)21-11(2)3)8-13(10-17)16(18)19-4/h6-9,11H,5H2,1-4H3/b13-8+. The Morgan fingerprint density at radius 1 is 1.38 bits per heavy atom. The molecule has 1 rings (SSSR count). The van der Waals surface area contributed by atoms with Crippen molar-refractivity contribution in [1.82, 2.24) is 0 Å². The molecule has 0 bridgehead atoms. The molecule has 1 aromatic rings. The maximum absolute atomic E-state index is 11.4. The molecule has 0 aliphatic rings. The van der Waals surface area contributed by atoms with Gasteiger partial charge in [0.15, 0.2) is 11.5 Å². The molecule has 112 valence electrons. The van der Waals surface area contributed by atoms with E-state index in [1.807, 2.05) is 26.8 Å². The summed E-state index contributed by atoms with van der Waals surface area (Å²) in [5.41, 5.74) is 0.592. The number of methoxy groups -OCH3 is 1. The van der Waals surface area contributed by atoms with Crippen molar-refractivity contribution in [2.45, 2.75) is 26.9 Å². The molecule has 0 aliphatic carbocycles. The summed E-state index contributed by atoms with van der Waals surface area (Å²) in [5.74, 6) is 0.528. The quantitative estimate of drug-likeness (QED) is 0.457. The van der Waals surface area contributed by atoms with Crippen LogP contribution in [-0.4, -0.2) is 25.8 Å². The van der Waals surface area contributed by atoms with Gasteiger partial charge in [-0.15, -0.1) is 0 Å². The zero-order chi connectivity index (χ0) is 15.8. The molecule has 0 saturated carbocycles. The van der Waals surface area contributed by atoms with Gasteiger partial charge in [-0.3, -0.25) is 0 Å². The molecular formula is C16H19NO4. The lowest BCUT2D eigenvalue weighted by Gasteiger charge is -2.15. The van der Waals surface area contributed by atoms with Gasteiger partial charge in [-0.1, -0.05) is 6.07 Å². The molecule has 0 radical (unpaired) electrons. The highest BCUT2D eigenvalue weighted by Crippen LogP contribution is 2.30. The van der Waals surface area contributed by atoms with Crippen LogP contribution in [-0.2, 0) is 9.53 Å². The first-order valence-corrected chi connectivity index (χ1v) is 6.65. The molecule has 0 aliphatic heterocycles. The van der Waals surface area contributed by atoms with Crippen LogP contribution in [0.2, 0.25) is 0 Å². The first kappa shape index (κ1) is 16.6. The van der Waals surface area contributed by atoms with Gasteiger partial charge in [0.25, 0.3) is 0 Å². The smallest absolute Gasteiger partial charge is 0.348 e. The lowest BCUT2D eigenvalue weighted by Crippen LogP contribution is -2.07. The molecule has 0 atom stereocenters. The van der Waals surface area contributed by atoms with E-state index in [1.54, 1.807) is 18.2 Å². The highest BCUT2D eigenvalue weighted by Gasteiger charge is 2.11. The van der Waals surface area contributed by atoms with Crippen LogP contribution in [0.3, 0.4) is 0 Å². The summed E-state index contributed by atoms with van der Waals surface area (Å²) in [6.07, 6.45) is 1.48. The van der Waals surface area contributed by atoms with Crippen molar-refractivity contribution in [3.05, 3.63) is 29.3 Å². The molecule has 1 aromatic carbocycles. The highest BCUT2D eigenvalue weighted by atomic mass is 16.5. The highest BCUT2D eigenvalue weighted by molar-refractivity contribution is 5.97. The minimum absolute atomic E-state index is 0.0235. The van der Waals surface area contributed by atoms with E-state index in [4.69, 9.17) is 14.7 Å². The Balaban J connectivity index is 3.16. The van der Waals surface area contributed by atoms with E-state index >= 15 is 0 Å². The average Bonchev–Trinajstić information content (AvgIpc) is 2.46. The number of nitrogens with zero attached hydrogens (tertiary/aromatic N) is 1. The molecule has 0 N–H and O–H groups in total. The second-order valence-electron chi connectivity index (χ2n) is 4.47. The molecule has 0 amide bonds. The Bertz CT molecular complexity index is 570. The van der Waals surface area contributed by atoms with E-state index < -0.39 is 5.97 Å². The molecule has 0 saturated heterocycles. The number of carbonyl (C=O) groups is 1. The monoisotopic (exact) mass is 289 g/mol. The zero-order valence-electron chi connectivity index (χ0n) is 12.7. The normalized spacial score (nSPS) is 11.0. The summed E-state index contributed by atoms with van der Waals surface area (Å²) >= 11 is 0. The number of nitriles is 1. The minimum atomic E-state index is -0.669. The van der Waals surface area contributed by atoms with Gasteiger partial charge in [0.05, 0.1) is 19.8 Å². The molecular weight excluding hydrogens is 270 g/mol. The van der Waals surface area contributed by atoms with Gasteiger partial charge in [0, 0.05) is 0 Å². The van der Waals surface area contributed by atoms with Crippen LogP contribution in [0.5, 0.6) is 11.5 Å². The number of hydrogen-bond donors (Lipinski definition) is 0. The summed E-state index contributed by atoms with van der Waals surface area (Å²) in [7, 11) is 1.23. The van der Waals surface area contributed by atoms with Gasteiger partial charge >= 0.3 is 5.97 Å². The van der Waals surface area contributed by atoms with E-state index in [2.05, 4.69) is 4.74 Å². The molecule has 0 fully saturated rings. The van der Waals surface area contributed by atoms with Crippen molar-refractivity contribution in [2.24, 2.45) is 0 Å². The third kappa shape index (κ3) is 4.84. The van der Waals surface area contributed by atoms with Gasteiger partial charge in [-0.2, -0.15) is 5.26 Å². The van der Waals surface area contributed by atoms with E-state index in [0.717, 1.165) is 0 Å². The second kappa shape index (κ2) is 7.95. The van der Waals surface area contributed by atoms with Crippen LogP contribution in [0.1, 0.15) is 26.3 Å². The second-order valence-corrected chi connectivity index (χ2v) is 4.47. The van der Waals surface area contributed by atoms with Crippen LogP contribution in [0.25, 0.3) is 6.08 Å². The fourth-order valence-electron chi connectivity index (χ4n) is 1.65. The first-order chi connectivity index (χ1) is 10.0. The van der Waals surface area contributed by atoms with E-state index in [9.17, 15) is 4.79 Å². The Hall–Kier alpha value is -2.48. The zero-order valence-corrected chi connectivity index (χ0v) is 12.7. The van der Waals surface area contributed by atoms with E-state index in [1.165, 1.54) is 13.2 Å². The Kier molecular flexibility index (Phi) is 6.28. The first-order valence-electron chi connectivity index (χ1n) is 6.65. The van der Waals surface area contributed by atoms with Crippen LogP contribution >= 0.6 is 0 Å². The van der Waals surface area contributed by atoms with Gasteiger partial charge in [0.2, 0.25) is 0 Å². The van der Waals surface area contributed by atoms with Gasteiger partial charge in [0.1, 0.15) is 11.6 Å². The summed E-state index contributed by atoms with van der Waals surface area (Å²) in [5, 5.41) is 8.96. The Labute approximate surface area is 124 Å². The number of hydrogen-bond acceptors (Lipinski definition) is 5. The number of carbonyl (C=O) groups excluding carboxylic acids is 1. The van der Waals surface area contributed by atoms with Gasteiger partial charge in [-0.05, 0) is 44.5 Å². The summed E-state index contributed by atoms with van der Waals surface area (Å²) in [6, 6.07) is 7.04. The van der Waals surface area contributed by atoms with Crippen LogP contribution < -0.4 is 9.47 Å². The third-order valence-corrected chi connectivity index (χ3v) is 2.47. The predicted octanol–water partition coefficient (Wildman–Crippen LogP) is 2.95. The van der Waals surface area contributed by atoms with Crippen LogP contribution in [0, 0.1) is 11.3 Å². The largest absolute Gasteiger partial charge is 0.490 e. The predicted molar refractivity (Wildman–Crippen MR) is 79.0 cm³/mol. The molecule has 21 heavy (non-hydrogen) atoms. The lowest BCUT2D eigenvalue weighted by atomic mass is 10.1. The number of rotatable bonds is 6. The molecule has 5 nitrogen and oxygen atoms in total. The van der Waals surface area contributed by atoms with Crippen LogP contribution in [0.15, 0.2) is 23.8 Å². The number of esters is 1. The maximum atomic E-state index is 11.4. The topological polar surface area (TPSA) is 68.5 Å². The molecule has 5 heteroatoms. The fraction of sp³-hybridized carbons (Fsp3) is 0.375. The fourth-order valence-corrected chi connectivity index (χ4v) is 1.65. The third-order valence-electron chi connectivity index (χ3n) is 2.47. The summed E-state index contributed by atoms with van der Waals surface area (Å²) in [4.78, 5) is 11.4. The Morgan fingerprint density at radius 2 is 2.10 bits per heavy atom. The van der Waals surface area contributed by atoms with E-state index in [-0.39, 0.29) is 11.7 Å². The Morgan fingerprint density at radius 3 is 2.62 bits per heavy atom. The van der Waals surface area contributed by atoms with E-state index in [0.29, 0.717) is 23.7 Å². The lowest BCUT2D eigenvalue weighted by molar-refractivity contribution is -0.135. The summed E-state index contributed by atoms with van der Waals surface area (Å²) in [6.45, 7) is 6.21. The van der Waals surface area contributed by atoms with Crippen molar-refractivity contribution in [1.29, 1.82) is 5.26 Å². The average molecular weight is 289 g/mol. The molecule has 0 spiro atoms. The SMILES string of the molecule is CCOc1cc(/C=C(\C#N)C(=O)OC)ccc1OC(C)C. The van der Waals surface area contributed by atoms with Crippen molar-refractivity contribution in [3.63, 3.8) is 0 Å². The number of ether oxygens (including phenoxy) is 3. The van der Waals surface area contributed by atoms with Crippen molar-refractivity contribution < 1.29 is 19.0 Å². The van der Waals surface area contributed by atoms with Crippen molar-refractivity contribution in [3.8, 4) is 17.6 Å². The van der Waals surface area contributed by atoms with Gasteiger partial charge < -0.3 is 14.2 Å². The molecule has 0 aromatic heterocycles. The maximum Gasteiger partial charge on any atom is 0.348 e. The number of benzene rings is 1. The van der Waals surface area contributed by atoms with Crippen molar-refractivity contribution >= 4 is 12.0 Å². The molecule has 0 unspecified atom stereocenters. The molecule has 0 heterocycles. The minimum Gasteiger partial charge on any atom is -0.490 e. The van der Waals surface area contributed by atoms with Gasteiger partial charge in [-0.25, -0.2) is 4.79 Å². The summed E-state index contributed by atoms with van der Waals surface area (Å²) < 4.78 is 15.7. The van der Waals surface area contributed by atoms with Crippen molar-refractivity contribution in [2.75, 3.05) is 13.7 Å².